The number of alkyl halides is 3. The van der Waals surface area contributed by atoms with Gasteiger partial charge in [0.05, 0.1) is 12.3 Å². The van der Waals surface area contributed by atoms with Crippen LogP contribution in [0, 0.1) is 5.92 Å². The highest BCUT2D eigenvalue weighted by atomic mass is 35.5. The van der Waals surface area contributed by atoms with E-state index in [0.717, 1.165) is 15.6 Å². The maximum Gasteiger partial charge on any atom is 0.395 e. The van der Waals surface area contributed by atoms with Crippen molar-refractivity contribution in [1.29, 1.82) is 0 Å². The van der Waals surface area contributed by atoms with Gasteiger partial charge in [-0.05, 0) is 22.4 Å². The highest BCUT2D eigenvalue weighted by Crippen LogP contribution is 2.33. The lowest BCUT2D eigenvalue weighted by Crippen LogP contribution is -2.38. The molecule has 1 aromatic carbocycles. The minimum Gasteiger partial charge on any atom is -0.340 e. The predicted molar refractivity (Wildman–Crippen MR) is 86.9 cm³/mol. The molecule has 23 heavy (non-hydrogen) atoms. The number of nitrogens with two attached hydrogens (primary N) is 1. The maximum atomic E-state index is 12.8. The van der Waals surface area contributed by atoms with Gasteiger partial charge < -0.3 is 10.6 Å². The van der Waals surface area contributed by atoms with Gasteiger partial charge in [0, 0.05) is 23.8 Å². The summed E-state index contributed by atoms with van der Waals surface area (Å²) in [4.78, 5) is 13.5. The summed E-state index contributed by atoms with van der Waals surface area (Å²) in [6.45, 7) is -0.378. The van der Waals surface area contributed by atoms with Gasteiger partial charge in [-0.3, -0.25) is 4.79 Å². The zero-order valence-electron chi connectivity index (χ0n) is 12.0. The van der Waals surface area contributed by atoms with Crippen LogP contribution < -0.4 is 5.73 Å². The second-order valence-corrected chi connectivity index (χ2v) is 6.46. The van der Waals surface area contributed by atoms with Crippen LogP contribution in [-0.2, 0) is 11.2 Å². The number of benzene rings is 1. The molecule has 2 N–H and O–H groups in total. The van der Waals surface area contributed by atoms with Crippen LogP contribution in [0.2, 0.25) is 0 Å². The summed E-state index contributed by atoms with van der Waals surface area (Å²) in [6, 6.07) is 6.64. The van der Waals surface area contributed by atoms with Crippen molar-refractivity contribution in [3.8, 4) is 0 Å². The van der Waals surface area contributed by atoms with Gasteiger partial charge in [-0.15, -0.1) is 23.7 Å². The third-order valence-electron chi connectivity index (χ3n) is 4.04. The lowest BCUT2D eigenvalue weighted by Gasteiger charge is -2.18. The first-order valence-corrected chi connectivity index (χ1v) is 7.79. The third-order valence-corrected chi connectivity index (χ3v) is 5.05. The summed E-state index contributed by atoms with van der Waals surface area (Å²) in [7, 11) is 0. The molecule has 3 rings (SSSR count). The molecular weight excluding hydrogens is 349 g/mol. The standard InChI is InChI=1S/C15H15F3N2OS.ClH/c16-15(17,18)11-6-20(7-12(11)19)14(21)5-9-8-22-13-4-2-1-3-10(9)13;/h1-4,8,11-12H,5-7,19H2;1H. The topological polar surface area (TPSA) is 46.3 Å². The van der Waals surface area contributed by atoms with Gasteiger partial charge in [0.1, 0.15) is 0 Å². The fourth-order valence-electron chi connectivity index (χ4n) is 2.82. The van der Waals surface area contributed by atoms with Crippen LogP contribution >= 0.6 is 23.7 Å². The Morgan fingerprint density at radius 2 is 2.00 bits per heavy atom. The quantitative estimate of drug-likeness (QED) is 0.889. The number of amides is 1. The Morgan fingerprint density at radius 1 is 1.30 bits per heavy atom. The van der Waals surface area contributed by atoms with E-state index >= 15 is 0 Å². The molecule has 1 saturated heterocycles. The number of thiophene rings is 1. The summed E-state index contributed by atoms with van der Waals surface area (Å²) >= 11 is 1.53. The molecule has 8 heteroatoms. The van der Waals surface area contributed by atoms with E-state index in [0.29, 0.717) is 0 Å². The number of nitrogens with zero attached hydrogens (tertiary/aromatic N) is 1. The fourth-order valence-corrected chi connectivity index (χ4v) is 3.79. The van der Waals surface area contributed by atoms with Gasteiger partial charge in [-0.25, -0.2) is 0 Å². The molecule has 1 amide bonds. The molecule has 0 radical (unpaired) electrons. The highest BCUT2D eigenvalue weighted by molar-refractivity contribution is 7.17. The molecule has 1 aliphatic heterocycles. The van der Waals surface area contributed by atoms with Crippen LogP contribution in [0.5, 0.6) is 0 Å². The largest absolute Gasteiger partial charge is 0.395 e. The van der Waals surface area contributed by atoms with Gasteiger partial charge in [-0.2, -0.15) is 13.2 Å². The number of hydrogen-bond donors (Lipinski definition) is 1. The molecule has 126 valence electrons. The Kier molecular flexibility index (Phi) is 5.23. The van der Waals surface area contributed by atoms with Crippen LogP contribution in [0.15, 0.2) is 29.6 Å². The number of fused-ring (bicyclic) bond motifs is 1. The van der Waals surface area contributed by atoms with Crippen molar-refractivity contribution >= 4 is 39.7 Å². The molecule has 0 saturated carbocycles. The van der Waals surface area contributed by atoms with E-state index in [4.69, 9.17) is 5.73 Å². The first-order valence-electron chi connectivity index (χ1n) is 6.91. The molecule has 1 aliphatic rings. The average molecular weight is 365 g/mol. The molecule has 1 fully saturated rings. The molecule has 0 bridgehead atoms. The van der Waals surface area contributed by atoms with Gasteiger partial charge in [-0.1, -0.05) is 18.2 Å². The number of hydrogen-bond acceptors (Lipinski definition) is 3. The number of carbonyl (C=O) groups excluding carboxylic acids is 1. The van der Waals surface area contributed by atoms with Crippen LogP contribution in [-0.4, -0.2) is 36.1 Å². The Labute approximate surface area is 141 Å². The van der Waals surface area contributed by atoms with E-state index in [1.165, 1.54) is 16.2 Å². The lowest BCUT2D eigenvalue weighted by molar-refractivity contribution is -0.173. The second-order valence-electron chi connectivity index (χ2n) is 5.54. The van der Waals surface area contributed by atoms with Gasteiger partial charge >= 0.3 is 6.18 Å². The summed E-state index contributed by atoms with van der Waals surface area (Å²) < 4.78 is 39.5. The summed E-state index contributed by atoms with van der Waals surface area (Å²) in [5.41, 5.74) is 6.40. The van der Waals surface area contributed by atoms with E-state index in [-0.39, 0.29) is 37.8 Å². The average Bonchev–Trinajstić information content (AvgIpc) is 3.03. The normalized spacial score (nSPS) is 21.5. The van der Waals surface area contributed by atoms with Gasteiger partial charge in [0.2, 0.25) is 5.91 Å². The minimum atomic E-state index is -4.36. The zero-order valence-corrected chi connectivity index (χ0v) is 13.7. The number of likely N-dealkylation sites (tertiary alicyclic amines) is 1. The van der Waals surface area contributed by atoms with Crippen molar-refractivity contribution in [3.05, 3.63) is 35.2 Å². The van der Waals surface area contributed by atoms with E-state index < -0.39 is 18.1 Å². The molecule has 3 nitrogen and oxygen atoms in total. The van der Waals surface area contributed by atoms with Crippen molar-refractivity contribution in [1.82, 2.24) is 4.90 Å². The van der Waals surface area contributed by atoms with Crippen molar-refractivity contribution in [2.75, 3.05) is 13.1 Å². The van der Waals surface area contributed by atoms with Gasteiger partial charge in [0.25, 0.3) is 0 Å². The van der Waals surface area contributed by atoms with Crippen molar-refractivity contribution in [2.24, 2.45) is 11.7 Å². The second kappa shape index (κ2) is 6.67. The smallest absolute Gasteiger partial charge is 0.340 e. The van der Waals surface area contributed by atoms with Crippen molar-refractivity contribution in [2.45, 2.75) is 18.6 Å². The third kappa shape index (κ3) is 3.62. The predicted octanol–water partition coefficient (Wildman–Crippen LogP) is 3.21. The molecule has 1 aromatic heterocycles. The molecule has 2 atom stereocenters. The Balaban J connectivity index is 0.00000192. The Morgan fingerprint density at radius 3 is 2.65 bits per heavy atom. The fraction of sp³-hybridized carbons (Fsp3) is 0.400. The molecule has 0 spiro atoms. The Hall–Kier alpha value is -1.31. The van der Waals surface area contributed by atoms with Crippen molar-refractivity contribution in [3.63, 3.8) is 0 Å². The summed E-state index contributed by atoms with van der Waals surface area (Å²) in [5, 5.41) is 2.87. The van der Waals surface area contributed by atoms with Gasteiger partial charge in [0.15, 0.2) is 0 Å². The molecule has 2 aromatic rings. The monoisotopic (exact) mass is 364 g/mol. The number of halogens is 4. The minimum absolute atomic E-state index is 0. The zero-order chi connectivity index (χ0) is 15.9. The summed E-state index contributed by atoms with van der Waals surface area (Å²) in [5.74, 6) is -1.93. The van der Waals surface area contributed by atoms with Crippen LogP contribution in [0.1, 0.15) is 5.56 Å². The van der Waals surface area contributed by atoms with Crippen LogP contribution in [0.4, 0.5) is 13.2 Å². The SMILES string of the molecule is Cl.NC1CN(C(=O)Cc2csc3ccccc23)CC1C(F)(F)F. The molecular formula is C15H16ClF3N2OS. The van der Waals surface area contributed by atoms with Crippen LogP contribution in [0.3, 0.4) is 0 Å². The van der Waals surface area contributed by atoms with Crippen molar-refractivity contribution < 1.29 is 18.0 Å². The molecule has 2 unspecified atom stereocenters. The van der Waals surface area contributed by atoms with E-state index in [1.807, 2.05) is 29.6 Å². The summed E-state index contributed by atoms with van der Waals surface area (Å²) in [6.07, 6.45) is -4.25. The first-order chi connectivity index (χ1) is 10.4. The highest BCUT2D eigenvalue weighted by Gasteiger charge is 2.49. The van der Waals surface area contributed by atoms with E-state index in [1.54, 1.807) is 0 Å². The van der Waals surface area contributed by atoms with E-state index in [2.05, 4.69) is 0 Å². The Bertz CT molecular complexity index is 703. The maximum absolute atomic E-state index is 12.8. The molecule has 0 aliphatic carbocycles. The number of rotatable bonds is 2. The van der Waals surface area contributed by atoms with Crippen LogP contribution in [0.25, 0.3) is 10.1 Å². The first kappa shape index (κ1) is 18.0. The number of carbonyl (C=O) groups is 1. The van der Waals surface area contributed by atoms with E-state index in [9.17, 15) is 18.0 Å². The lowest BCUT2D eigenvalue weighted by atomic mass is 10.0. The molecule has 2 heterocycles.